The number of aliphatic carboxylic acids is 2. The van der Waals surface area contributed by atoms with Crippen LogP contribution in [-0.2, 0) is 69.3 Å². The number of carbonyl (C=O) groups is 13. The first-order chi connectivity index (χ1) is 54.7. The van der Waals surface area contributed by atoms with E-state index < -0.39 is 131 Å². The molecule has 10 rings (SSSR count). The first-order valence-electron chi connectivity index (χ1n) is 36.8. The van der Waals surface area contributed by atoms with E-state index in [2.05, 4.69) is 63.4 Å². The number of hydrazine groups is 1. The Labute approximate surface area is 654 Å². The van der Waals surface area contributed by atoms with Crippen molar-refractivity contribution >= 4 is 121 Å². The summed E-state index contributed by atoms with van der Waals surface area (Å²) in [6, 6.07) is 36.9. The molecule has 2 saturated heterocycles. The maximum absolute atomic E-state index is 14.4. The van der Waals surface area contributed by atoms with Gasteiger partial charge >= 0.3 is 18.0 Å². The van der Waals surface area contributed by atoms with Gasteiger partial charge in [0.15, 0.2) is 0 Å². The summed E-state index contributed by atoms with van der Waals surface area (Å²) in [5.74, 6) is -11.0. The molecular formula is C79H87N15O19S. The maximum Gasteiger partial charge on any atom is 0.407 e. The fraction of sp³-hybridized carbons (Fsp3) is 0.329. The largest absolute Gasteiger partial charge is 0.481 e. The lowest BCUT2D eigenvalue weighted by Gasteiger charge is -2.43. The number of carbonyl (C=O) groups excluding carboxylic acids is 11. The fourth-order valence-corrected chi connectivity index (χ4v) is 14.0. The van der Waals surface area contributed by atoms with Crippen LogP contribution in [0.3, 0.4) is 0 Å². The summed E-state index contributed by atoms with van der Waals surface area (Å²) in [6.07, 6.45) is -2.29. The van der Waals surface area contributed by atoms with E-state index in [0.29, 0.717) is 40.0 Å². The number of nitrogens with one attached hydrogen (secondary N) is 10. The zero-order valence-electron chi connectivity index (χ0n) is 62.2. The van der Waals surface area contributed by atoms with E-state index in [0.717, 1.165) is 38.0 Å². The molecule has 0 spiro atoms. The highest BCUT2D eigenvalue weighted by molar-refractivity contribution is 7.86. The molecule has 0 saturated carbocycles. The number of alkyl carbamates (subject to hydrolysis) is 1. The number of azo groups is 1. The highest BCUT2D eigenvalue weighted by Gasteiger charge is 2.46. The summed E-state index contributed by atoms with van der Waals surface area (Å²) in [4.78, 5) is 175. The number of hydrogen-bond acceptors (Lipinski definition) is 20. The van der Waals surface area contributed by atoms with Gasteiger partial charge in [-0.25, -0.2) is 14.6 Å². The molecule has 34 nitrogen and oxygen atoms in total. The van der Waals surface area contributed by atoms with Crippen LogP contribution in [0.2, 0.25) is 0 Å². The van der Waals surface area contributed by atoms with E-state index in [1.54, 1.807) is 48.5 Å². The molecule has 0 radical (unpaired) electrons. The number of rotatable bonds is 36. The summed E-state index contributed by atoms with van der Waals surface area (Å²) >= 11 is 0. The standard InChI is InChI=1S/C79H87N15O19S/c1-92(2)52-32-30-51(31-33-52)91-90-50-28-26-48(27-29-50)72(101)82-38-8-7-18-63(78(107)108)86-69(97)45-85-75(104)64(42-71(99)100)88-76(105)65-20-11-41-93-70(98)37-35-62(77(106)94(65)93)87-73(102)49-24-22-47(23-25-49)43-83-68(96)44-84-74(103)61(89-79(109)113-46-59-55-14-5-3-12-53(55)54-13-4-6-15-56(54)59)34-36-67(95)81-40-39-80-60-19-9-17-58-57(60)16-10-21-66(58)114(110,111)112/h3-6,9-10,12-17,19,21-33,59,61-65,80H,7-8,11,18,20,34-46H2,1-2H3,(H,81,95)(H,82,101)(H,83,96)(H,84,103)(H,85,104)(H,86,97)(H,87,102)(H,88,105)(H,89,109)(H,99,100)(H,107,108)(H,110,111,112)/b91-90+/t61-,62-,63-,64-,65-/m0/s1. The van der Waals surface area contributed by atoms with Crippen molar-refractivity contribution in [1.82, 2.24) is 57.9 Å². The average Bonchev–Trinajstić information content (AvgIpc) is 1.58. The van der Waals surface area contributed by atoms with Gasteiger partial charge in [0, 0.05) is 98.9 Å². The van der Waals surface area contributed by atoms with Crippen LogP contribution in [0.5, 0.6) is 0 Å². The van der Waals surface area contributed by atoms with E-state index in [4.69, 9.17) is 4.74 Å². The lowest BCUT2D eigenvalue weighted by Crippen LogP contribution is -2.65. The summed E-state index contributed by atoms with van der Waals surface area (Å²) in [6.45, 7) is -1.19. The molecular weight excluding hydrogens is 1500 g/mol. The number of carboxylic acids is 2. The first kappa shape index (κ1) is 83.3. The number of hydrogen-bond donors (Lipinski definition) is 13. The van der Waals surface area contributed by atoms with E-state index >= 15 is 0 Å². The fourth-order valence-electron chi connectivity index (χ4n) is 13.3. The van der Waals surface area contributed by atoms with Gasteiger partial charge in [0.2, 0.25) is 41.4 Å². The van der Waals surface area contributed by atoms with Crippen molar-refractivity contribution in [3.8, 4) is 11.1 Å². The van der Waals surface area contributed by atoms with Crippen LogP contribution >= 0.6 is 0 Å². The molecule has 0 unspecified atom stereocenters. The SMILES string of the molecule is CN(C)c1ccc(/N=N/c2ccc(C(=O)NCCCC[C@H](NC(=O)CNC(=O)[C@H](CC(=O)O)NC(=O)[C@@H]3CCCN4C(=O)CC[C@H](NC(=O)c5ccc(CNC(=O)CNC(=O)[C@H](CCC(=O)NCCNc6cccc7c(S(=O)(=O)O)cccc67)NC(=O)OCC6c7ccccc7-c7ccccc76)cc5)C(=O)N34)C(=O)O)cc2)cc1. The first-order valence-corrected chi connectivity index (χ1v) is 38.2. The Morgan fingerprint density at radius 2 is 1.22 bits per heavy atom. The molecule has 13 N–H and O–H groups in total. The van der Waals surface area contributed by atoms with Crippen LogP contribution in [0.15, 0.2) is 173 Å². The van der Waals surface area contributed by atoms with Crippen LogP contribution in [0.4, 0.5) is 27.5 Å². The minimum absolute atomic E-state index is 0.00577. The lowest BCUT2D eigenvalue weighted by atomic mass is 9.98. The highest BCUT2D eigenvalue weighted by atomic mass is 32.2. The Hall–Kier alpha value is -13.2. The summed E-state index contributed by atoms with van der Waals surface area (Å²) in [5.41, 5.74) is 7.45. The monoisotopic (exact) mass is 1580 g/mol. The molecule has 7 aromatic carbocycles. The number of fused-ring (bicyclic) bond motifs is 5. The summed E-state index contributed by atoms with van der Waals surface area (Å²) in [7, 11) is -0.668. The van der Waals surface area contributed by atoms with E-state index in [1.807, 2.05) is 91.8 Å². The van der Waals surface area contributed by atoms with Crippen molar-refractivity contribution in [2.75, 3.05) is 70.2 Å². The van der Waals surface area contributed by atoms with Crippen LogP contribution < -0.4 is 58.1 Å². The van der Waals surface area contributed by atoms with E-state index in [-0.39, 0.29) is 118 Å². The molecule has 114 heavy (non-hydrogen) atoms. The quantitative estimate of drug-likeness (QED) is 0.0138. The molecule has 5 atom stereocenters. The van der Waals surface area contributed by atoms with Gasteiger partial charge in [-0.3, -0.25) is 62.3 Å². The summed E-state index contributed by atoms with van der Waals surface area (Å²) < 4.78 is 39.5. The molecule has 2 aliphatic heterocycles. The van der Waals surface area contributed by atoms with Gasteiger partial charge in [-0.15, -0.1) is 0 Å². The molecule has 0 aromatic heterocycles. The van der Waals surface area contributed by atoms with Crippen molar-refractivity contribution in [2.24, 2.45) is 10.2 Å². The lowest BCUT2D eigenvalue weighted by molar-refractivity contribution is -0.176. The minimum atomic E-state index is -4.52. The summed E-state index contributed by atoms with van der Waals surface area (Å²) in [5, 5.41) is 56.7. The zero-order valence-corrected chi connectivity index (χ0v) is 63.0. The van der Waals surface area contributed by atoms with Crippen LogP contribution in [0, 0.1) is 0 Å². The van der Waals surface area contributed by atoms with Gasteiger partial charge in [0.25, 0.3) is 27.8 Å². The molecule has 35 heteroatoms. The number of ether oxygens (including phenoxy) is 1. The number of benzene rings is 7. The van der Waals surface area contributed by atoms with Crippen LogP contribution in [0.25, 0.3) is 21.9 Å². The average molecular weight is 1580 g/mol. The Kier molecular flexibility index (Phi) is 28.6. The molecule has 3 aliphatic rings. The number of anilines is 2. The van der Waals surface area contributed by atoms with Gasteiger partial charge in [-0.05, 0) is 146 Å². The third-order valence-corrected chi connectivity index (χ3v) is 20.1. The molecule has 0 bridgehead atoms. The normalized spacial score (nSPS) is 15.3. The van der Waals surface area contributed by atoms with Crippen molar-refractivity contribution in [3.05, 3.63) is 186 Å². The molecule has 1 aliphatic carbocycles. The minimum Gasteiger partial charge on any atom is -0.481 e. The molecule has 2 fully saturated rings. The molecule has 11 amide bonds. The molecule has 2 heterocycles. The number of unbranched alkanes of at least 4 members (excludes halogenated alkanes) is 1. The predicted octanol–water partition coefficient (Wildman–Crippen LogP) is 5.09. The Balaban J connectivity index is 0.669. The van der Waals surface area contributed by atoms with Crippen molar-refractivity contribution in [3.63, 3.8) is 0 Å². The second kappa shape index (κ2) is 39.1. The Morgan fingerprint density at radius 3 is 1.88 bits per heavy atom. The number of nitrogens with zero attached hydrogens (tertiary/aromatic N) is 5. The van der Waals surface area contributed by atoms with Crippen molar-refractivity contribution in [1.29, 1.82) is 0 Å². The van der Waals surface area contributed by atoms with E-state index in [9.17, 15) is 85.5 Å². The van der Waals surface area contributed by atoms with Gasteiger partial charge < -0.3 is 73.0 Å². The van der Waals surface area contributed by atoms with Crippen molar-refractivity contribution < 1.29 is 90.2 Å². The maximum atomic E-state index is 14.4. The van der Waals surface area contributed by atoms with Crippen LogP contribution in [-0.4, -0.2) is 200 Å². The number of amides is 11. The third kappa shape index (κ3) is 22.5. The van der Waals surface area contributed by atoms with Crippen LogP contribution in [0.1, 0.15) is 108 Å². The number of carboxylic acid groups (broad SMARTS) is 2. The highest BCUT2D eigenvalue weighted by Crippen LogP contribution is 2.44. The zero-order chi connectivity index (χ0) is 81.6. The second-order valence-corrected chi connectivity index (χ2v) is 28.7. The topological polar surface area (TPSA) is 481 Å². The Bertz CT molecular complexity index is 4870. The second-order valence-electron chi connectivity index (χ2n) is 27.3. The molecule has 7 aromatic rings. The van der Waals surface area contributed by atoms with Gasteiger partial charge in [-0.2, -0.15) is 18.6 Å². The van der Waals surface area contributed by atoms with E-state index in [1.165, 1.54) is 36.4 Å². The third-order valence-electron chi connectivity index (χ3n) is 19.2. The predicted molar refractivity (Wildman–Crippen MR) is 414 cm³/mol. The van der Waals surface area contributed by atoms with Gasteiger partial charge in [0.05, 0.1) is 30.9 Å². The Morgan fingerprint density at radius 1 is 0.596 bits per heavy atom. The smallest absolute Gasteiger partial charge is 0.407 e. The molecule has 598 valence electrons. The van der Waals surface area contributed by atoms with Gasteiger partial charge in [-0.1, -0.05) is 84.9 Å². The van der Waals surface area contributed by atoms with Gasteiger partial charge in [0.1, 0.15) is 41.7 Å². The van der Waals surface area contributed by atoms with Crippen molar-refractivity contribution in [2.45, 2.75) is 112 Å².